The van der Waals surface area contributed by atoms with Gasteiger partial charge in [-0.3, -0.25) is 9.59 Å². The third-order valence-electron chi connectivity index (χ3n) is 3.00. The Labute approximate surface area is 130 Å². The van der Waals surface area contributed by atoms with Gasteiger partial charge in [0.05, 0.1) is 26.2 Å². The van der Waals surface area contributed by atoms with Crippen molar-refractivity contribution in [1.29, 1.82) is 0 Å². The Balaban J connectivity index is 2.76. The van der Waals surface area contributed by atoms with E-state index in [1.807, 2.05) is 0 Å². The van der Waals surface area contributed by atoms with Gasteiger partial charge in [0.2, 0.25) is 0 Å². The van der Waals surface area contributed by atoms with E-state index >= 15 is 0 Å². The third kappa shape index (κ3) is 5.73. The molecule has 22 heavy (non-hydrogen) atoms. The smallest absolute Gasteiger partial charge is 0.307 e. The van der Waals surface area contributed by atoms with Crippen molar-refractivity contribution in [3.8, 4) is 5.75 Å². The number of aliphatic hydroxyl groups is 1. The predicted molar refractivity (Wildman–Crippen MR) is 81.8 cm³/mol. The van der Waals surface area contributed by atoms with Gasteiger partial charge in [0.1, 0.15) is 5.75 Å². The molecule has 0 saturated carbocycles. The second kappa shape index (κ2) is 9.04. The van der Waals surface area contributed by atoms with E-state index in [0.29, 0.717) is 17.9 Å². The molecule has 1 N–H and O–H groups in total. The van der Waals surface area contributed by atoms with Gasteiger partial charge in [-0.05, 0) is 38.1 Å². The van der Waals surface area contributed by atoms with Crippen LogP contribution in [0.4, 0.5) is 0 Å². The summed E-state index contributed by atoms with van der Waals surface area (Å²) in [6, 6.07) is 6.69. The number of amides is 1. The molecule has 1 aromatic rings. The second-order valence-electron chi connectivity index (χ2n) is 4.88. The number of nitrogens with zero attached hydrogens (tertiary/aromatic N) is 1. The molecule has 0 aromatic heterocycles. The number of carbonyl (C=O) groups excluding carboxylic acids is 2. The maximum absolute atomic E-state index is 12.5. The first-order valence-corrected chi connectivity index (χ1v) is 7.25. The SMILES string of the molecule is CCOC(=O)CCN(CC(C)O)C(=O)c1ccc(OC)cc1. The zero-order valence-corrected chi connectivity index (χ0v) is 13.2. The van der Waals surface area contributed by atoms with Crippen LogP contribution in [0.25, 0.3) is 0 Å². The Bertz CT molecular complexity index is 484. The average Bonchev–Trinajstić information content (AvgIpc) is 2.50. The van der Waals surface area contributed by atoms with E-state index in [4.69, 9.17) is 9.47 Å². The largest absolute Gasteiger partial charge is 0.497 e. The molecule has 0 fully saturated rings. The minimum atomic E-state index is -0.676. The summed E-state index contributed by atoms with van der Waals surface area (Å²) in [6.45, 7) is 3.99. The zero-order valence-electron chi connectivity index (χ0n) is 13.2. The Hall–Kier alpha value is -2.08. The number of methoxy groups -OCH3 is 1. The molecule has 0 heterocycles. The molecule has 1 atom stereocenters. The van der Waals surface area contributed by atoms with Crippen LogP contribution < -0.4 is 4.74 Å². The van der Waals surface area contributed by atoms with Crippen LogP contribution in [-0.2, 0) is 9.53 Å². The quantitative estimate of drug-likeness (QED) is 0.736. The zero-order chi connectivity index (χ0) is 16.5. The van der Waals surface area contributed by atoms with Gasteiger partial charge in [0, 0.05) is 18.7 Å². The lowest BCUT2D eigenvalue weighted by molar-refractivity contribution is -0.143. The van der Waals surface area contributed by atoms with Crippen molar-refractivity contribution in [1.82, 2.24) is 4.90 Å². The summed E-state index contributed by atoms with van der Waals surface area (Å²) in [4.78, 5) is 25.4. The Morgan fingerprint density at radius 3 is 2.41 bits per heavy atom. The fraction of sp³-hybridized carbons (Fsp3) is 0.500. The summed E-state index contributed by atoms with van der Waals surface area (Å²) >= 11 is 0. The highest BCUT2D eigenvalue weighted by Gasteiger charge is 2.19. The highest BCUT2D eigenvalue weighted by Crippen LogP contribution is 2.13. The molecule has 1 aromatic carbocycles. The standard InChI is InChI=1S/C16H23NO5/c1-4-22-15(19)9-10-17(11-12(2)18)16(20)13-5-7-14(21-3)8-6-13/h5-8,12,18H,4,9-11H2,1-3H3. The molecular formula is C16H23NO5. The van der Waals surface area contributed by atoms with Crippen molar-refractivity contribution in [3.63, 3.8) is 0 Å². The molecule has 6 heteroatoms. The van der Waals surface area contributed by atoms with E-state index in [2.05, 4.69) is 0 Å². The molecule has 0 aliphatic rings. The summed E-state index contributed by atoms with van der Waals surface area (Å²) in [5, 5.41) is 9.54. The van der Waals surface area contributed by atoms with E-state index < -0.39 is 6.10 Å². The van der Waals surface area contributed by atoms with Gasteiger partial charge in [-0.15, -0.1) is 0 Å². The van der Waals surface area contributed by atoms with Crippen molar-refractivity contribution < 1.29 is 24.2 Å². The van der Waals surface area contributed by atoms with Crippen LogP contribution >= 0.6 is 0 Å². The first-order valence-electron chi connectivity index (χ1n) is 7.25. The Kier molecular flexibility index (Phi) is 7.39. The summed E-state index contributed by atoms with van der Waals surface area (Å²) in [7, 11) is 1.55. The number of esters is 1. The van der Waals surface area contributed by atoms with Gasteiger partial charge in [-0.1, -0.05) is 0 Å². The van der Waals surface area contributed by atoms with Crippen molar-refractivity contribution >= 4 is 11.9 Å². The lowest BCUT2D eigenvalue weighted by Gasteiger charge is -2.24. The summed E-state index contributed by atoms with van der Waals surface area (Å²) in [5.41, 5.74) is 0.477. The monoisotopic (exact) mass is 309 g/mol. The van der Waals surface area contributed by atoms with Gasteiger partial charge in [-0.25, -0.2) is 0 Å². The van der Waals surface area contributed by atoms with Crippen LogP contribution in [0.3, 0.4) is 0 Å². The fourth-order valence-corrected chi connectivity index (χ4v) is 1.97. The fourth-order valence-electron chi connectivity index (χ4n) is 1.97. The maximum Gasteiger partial charge on any atom is 0.307 e. The molecule has 1 amide bonds. The molecule has 0 radical (unpaired) electrons. The highest BCUT2D eigenvalue weighted by molar-refractivity contribution is 5.94. The summed E-state index contributed by atoms with van der Waals surface area (Å²) in [5.74, 6) is 0.0543. The van der Waals surface area contributed by atoms with E-state index in [0.717, 1.165) is 0 Å². The molecule has 0 saturated heterocycles. The molecule has 0 spiro atoms. The number of benzene rings is 1. The minimum Gasteiger partial charge on any atom is -0.497 e. The molecule has 122 valence electrons. The van der Waals surface area contributed by atoms with Crippen molar-refractivity contribution in [2.75, 3.05) is 26.8 Å². The average molecular weight is 309 g/mol. The van der Waals surface area contributed by atoms with Crippen LogP contribution in [-0.4, -0.2) is 54.8 Å². The van der Waals surface area contributed by atoms with Crippen LogP contribution in [0.15, 0.2) is 24.3 Å². The second-order valence-corrected chi connectivity index (χ2v) is 4.88. The number of hydrogen-bond acceptors (Lipinski definition) is 5. The number of hydrogen-bond donors (Lipinski definition) is 1. The molecule has 6 nitrogen and oxygen atoms in total. The predicted octanol–water partition coefficient (Wildman–Crippen LogP) is 1.47. The molecular weight excluding hydrogens is 286 g/mol. The number of carbonyl (C=O) groups is 2. The van der Waals surface area contributed by atoms with E-state index in [-0.39, 0.29) is 31.4 Å². The van der Waals surface area contributed by atoms with Gasteiger partial charge in [-0.2, -0.15) is 0 Å². The molecule has 0 aliphatic carbocycles. The summed E-state index contributed by atoms with van der Waals surface area (Å²) in [6.07, 6.45) is -0.577. The van der Waals surface area contributed by atoms with Crippen molar-refractivity contribution in [3.05, 3.63) is 29.8 Å². The van der Waals surface area contributed by atoms with Gasteiger partial charge in [0.25, 0.3) is 5.91 Å². The van der Waals surface area contributed by atoms with Crippen LogP contribution in [0.5, 0.6) is 5.75 Å². The maximum atomic E-state index is 12.5. The van der Waals surface area contributed by atoms with Crippen LogP contribution in [0, 0.1) is 0 Å². The van der Waals surface area contributed by atoms with Crippen molar-refractivity contribution in [2.45, 2.75) is 26.4 Å². The number of rotatable bonds is 8. The van der Waals surface area contributed by atoms with Gasteiger partial charge < -0.3 is 19.5 Å². The first kappa shape index (κ1) is 18.0. The van der Waals surface area contributed by atoms with Crippen molar-refractivity contribution in [2.24, 2.45) is 0 Å². The molecule has 0 bridgehead atoms. The lowest BCUT2D eigenvalue weighted by atomic mass is 10.1. The Morgan fingerprint density at radius 2 is 1.91 bits per heavy atom. The highest BCUT2D eigenvalue weighted by atomic mass is 16.5. The van der Waals surface area contributed by atoms with E-state index in [1.165, 1.54) is 4.90 Å². The van der Waals surface area contributed by atoms with Crippen LogP contribution in [0.1, 0.15) is 30.6 Å². The Morgan fingerprint density at radius 1 is 1.27 bits per heavy atom. The molecule has 1 rings (SSSR count). The molecule has 1 unspecified atom stereocenters. The topological polar surface area (TPSA) is 76.1 Å². The van der Waals surface area contributed by atoms with E-state index in [1.54, 1.807) is 45.2 Å². The van der Waals surface area contributed by atoms with Crippen LogP contribution in [0.2, 0.25) is 0 Å². The molecule has 0 aliphatic heterocycles. The number of aliphatic hydroxyl groups excluding tert-OH is 1. The minimum absolute atomic E-state index is 0.0997. The van der Waals surface area contributed by atoms with Gasteiger partial charge >= 0.3 is 5.97 Å². The van der Waals surface area contributed by atoms with E-state index in [9.17, 15) is 14.7 Å². The summed E-state index contributed by atoms with van der Waals surface area (Å²) < 4.78 is 9.91. The van der Waals surface area contributed by atoms with Gasteiger partial charge in [0.15, 0.2) is 0 Å². The lowest BCUT2D eigenvalue weighted by Crippen LogP contribution is -2.38. The third-order valence-corrected chi connectivity index (χ3v) is 3.00. The normalized spacial score (nSPS) is 11.6. The number of ether oxygens (including phenoxy) is 2. The first-order chi connectivity index (χ1) is 10.5.